The largest absolute Gasteiger partial charge is 0.453 e. The van der Waals surface area contributed by atoms with Gasteiger partial charge in [-0.15, -0.1) is 11.3 Å². The number of carbonyl (C=O) groups is 2. The standard InChI is InChI=1S/C33H29F2N5O4S.C2H6/c1-43-15-14-36-18-20-2-8-25(38-19-20)29-17-26-30(45-29)28(10-13-37-26)44-27-9-7-23(16-24(27)35)40-32(42)33(11-12-33)31(41)39-22-5-3-21(34)4-6-22;1-2/h2-10,13,16-17,19,36H,11-12,14-15,18H2,1H3,(H,39,41)(H,40,42);1-2H3. The quantitative estimate of drug-likeness (QED) is 0.0936. The fraction of sp³-hybridized carbons (Fsp3) is 0.257. The predicted molar refractivity (Wildman–Crippen MR) is 180 cm³/mol. The Morgan fingerprint density at radius 1 is 0.894 bits per heavy atom. The van der Waals surface area contributed by atoms with Gasteiger partial charge in [0.2, 0.25) is 11.8 Å². The zero-order valence-corrected chi connectivity index (χ0v) is 27.0. The Balaban J connectivity index is 0.00000213. The van der Waals surface area contributed by atoms with Gasteiger partial charge >= 0.3 is 0 Å². The highest BCUT2D eigenvalue weighted by Crippen LogP contribution is 2.48. The van der Waals surface area contributed by atoms with E-state index in [9.17, 15) is 14.0 Å². The highest BCUT2D eigenvalue weighted by molar-refractivity contribution is 7.22. The molecule has 0 spiro atoms. The molecule has 5 aromatic rings. The molecule has 3 aromatic heterocycles. The van der Waals surface area contributed by atoms with Gasteiger partial charge < -0.3 is 25.4 Å². The van der Waals surface area contributed by atoms with E-state index in [0.29, 0.717) is 42.9 Å². The number of nitrogens with zero attached hydrogens (tertiary/aromatic N) is 2. The van der Waals surface area contributed by atoms with Crippen LogP contribution in [0.4, 0.5) is 20.2 Å². The van der Waals surface area contributed by atoms with Gasteiger partial charge in [0.1, 0.15) is 17.0 Å². The van der Waals surface area contributed by atoms with Gasteiger partial charge in [-0.1, -0.05) is 19.9 Å². The Hall–Kier alpha value is -4.78. The number of benzene rings is 2. The fourth-order valence-electron chi connectivity index (χ4n) is 4.70. The zero-order valence-electron chi connectivity index (χ0n) is 26.2. The van der Waals surface area contributed by atoms with Gasteiger partial charge in [-0.2, -0.15) is 0 Å². The van der Waals surface area contributed by atoms with Crippen LogP contribution in [0, 0.1) is 17.0 Å². The van der Waals surface area contributed by atoms with E-state index in [1.54, 1.807) is 19.4 Å². The minimum Gasteiger partial charge on any atom is -0.453 e. The van der Waals surface area contributed by atoms with Crippen molar-refractivity contribution in [2.75, 3.05) is 30.9 Å². The molecule has 0 radical (unpaired) electrons. The van der Waals surface area contributed by atoms with Crippen molar-refractivity contribution in [2.45, 2.75) is 33.2 Å². The summed E-state index contributed by atoms with van der Waals surface area (Å²) in [6.07, 6.45) is 4.11. The topological polar surface area (TPSA) is 114 Å². The molecule has 0 unspecified atom stereocenters. The minimum absolute atomic E-state index is 0.0333. The first kappa shape index (κ1) is 33.6. The Morgan fingerprint density at radius 2 is 1.62 bits per heavy atom. The first-order chi connectivity index (χ1) is 22.8. The summed E-state index contributed by atoms with van der Waals surface area (Å²) >= 11 is 1.44. The summed E-state index contributed by atoms with van der Waals surface area (Å²) in [6.45, 7) is 6.07. The number of hydrogen-bond acceptors (Lipinski definition) is 8. The van der Waals surface area contributed by atoms with Crippen molar-refractivity contribution in [1.29, 1.82) is 0 Å². The molecule has 6 rings (SSSR count). The number of halogens is 2. The molecule has 47 heavy (non-hydrogen) atoms. The third-order valence-electron chi connectivity index (χ3n) is 7.40. The van der Waals surface area contributed by atoms with Gasteiger partial charge in [0.15, 0.2) is 11.6 Å². The molecule has 12 heteroatoms. The van der Waals surface area contributed by atoms with E-state index >= 15 is 4.39 Å². The number of thiophene rings is 1. The first-order valence-electron chi connectivity index (χ1n) is 15.2. The molecular formula is C35H35F2N5O4S. The molecule has 1 aliphatic rings. The minimum atomic E-state index is -1.27. The number of ether oxygens (including phenoxy) is 2. The van der Waals surface area contributed by atoms with E-state index in [0.717, 1.165) is 33.4 Å². The summed E-state index contributed by atoms with van der Waals surface area (Å²) in [5, 5.41) is 8.58. The van der Waals surface area contributed by atoms with Crippen LogP contribution in [0.1, 0.15) is 32.3 Å². The molecule has 1 fully saturated rings. The van der Waals surface area contributed by atoms with Gasteiger partial charge in [0.25, 0.3) is 0 Å². The summed E-state index contributed by atoms with van der Waals surface area (Å²) < 4.78 is 40.1. The third kappa shape index (κ3) is 7.97. The van der Waals surface area contributed by atoms with Crippen molar-refractivity contribution in [1.82, 2.24) is 15.3 Å². The maximum absolute atomic E-state index is 15.2. The second-order valence-electron chi connectivity index (χ2n) is 10.6. The molecule has 3 N–H and O–H groups in total. The average molecular weight is 660 g/mol. The number of hydrogen-bond donors (Lipinski definition) is 3. The molecule has 2 aromatic carbocycles. The van der Waals surface area contributed by atoms with Crippen LogP contribution >= 0.6 is 11.3 Å². The molecular weight excluding hydrogens is 624 g/mol. The van der Waals surface area contributed by atoms with E-state index in [1.807, 2.05) is 38.2 Å². The van der Waals surface area contributed by atoms with Crippen molar-refractivity contribution >= 4 is 44.7 Å². The van der Waals surface area contributed by atoms with E-state index in [1.165, 1.54) is 47.7 Å². The molecule has 3 heterocycles. The first-order valence-corrected chi connectivity index (χ1v) is 16.1. The van der Waals surface area contributed by atoms with Crippen LogP contribution in [0.3, 0.4) is 0 Å². The van der Waals surface area contributed by atoms with E-state index < -0.39 is 28.9 Å². The van der Waals surface area contributed by atoms with Crippen molar-refractivity contribution in [3.63, 3.8) is 0 Å². The van der Waals surface area contributed by atoms with Crippen LogP contribution in [-0.4, -0.2) is 42.0 Å². The smallest absolute Gasteiger partial charge is 0.240 e. The number of rotatable bonds is 12. The van der Waals surface area contributed by atoms with Crippen LogP contribution in [0.5, 0.6) is 11.5 Å². The Bertz CT molecular complexity index is 1840. The SMILES string of the molecule is CC.COCCNCc1ccc(-c2cc3nccc(Oc4ccc(NC(=O)C5(C(=O)Nc6ccc(F)cc6)CC5)cc4F)c3s2)nc1. The Morgan fingerprint density at radius 3 is 2.28 bits per heavy atom. The molecule has 244 valence electrons. The lowest BCUT2D eigenvalue weighted by Gasteiger charge is -2.16. The lowest BCUT2D eigenvalue weighted by Crippen LogP contribution is -2.35. The van der Waals surface area contributed by atoms with Crippen LogP contribution in [0.15, 0.2) is 79.1 Å². The van der Waals surface area contributed by atoms with Crippen molar-refractivity contribution < 1.29 is 27.8 Å². The lowest BCUT2D eigenvalue weighted by atomic mass is 10.0. The molecule has 9 nitrogen and oxygen atoms in total. The van der Waals surface area contributed by atoms with Gasteiger partial charge in [0, 0.05) is 56.1 Å². The third-order valence-corrected chi connectivity index (χ3v) is 8.56. The highest BCUT2D eigenvalue weighted by atomic mass is 32.1. The van der Waals surface area contributed by atoms with Gasteiger partial charge in [0.05, 0.1) is 27.4 Å². The number of methoxy groups -OCH3 is 1. The Labute approximate surface area is 275 Å². The Kier molecular flexibility index (Phi) is 10.9. The number of nitrogens with one attached hydrogen (secondary N) is 3. The van der Waals surface area contributed by atoms with Crippen LogP contribution in [0.2, 0.25) is 0 Å². The summed E-state index contributed by atoms with van der Waals surface area (Å²) in [6, 6.07) is 16.9. The van der Waals surface area contributed by atoms with Crippen molar-refractivity contribution in [3.05, 3.63) is 96.3 Å². The molecule has 2 amide bonds. The molecule has 0 saturated heterocycles. The number of fused-ring (bicyclic) bond motifs is 1. The van der Waals surface area contributed by atoms with Crippen molar-refractivity contribution in [2.24, 2.45) is 5.41 Å². The van der Waals surface area contributed by atoms with Crippen LogP contribution < -0.4 is 20.7 Å². The van der Waals surface area contributed by atoms with Gasteiger partial charge in [-0.05, 0) is 66.9 Å². The molecule has 0 bridgehead atoms. The highest BCUT2D eigenvalue weighted by Gasteiger charge is 2.56. The molecule has 0 aliphatic heterocycles. The van der Waals surface area contributed by atoms with Gasteiger partial charge in [-0.3, -0.25) is 19.6 Å². The summed E-state index contributed by atoms with van der Waals surface area (Å²) in [7, 11) is 1.66. The number of anilines is 2. The normalized spacial score (nSPS) is 13.0. The molecule has 0 atom stereocenters. The molecule has 1 aliphatic carbocycles. The fourth-order valence-corrected chi connectivity index (χ4v) is 5.74. The van der Waals surface area contributed by atoms with E-state index in [-0.39, 0.29) is 11.4 Å². The van der Waals surface area contributed by atoms with Crippen LogP contribution in [0.25, 0.3) is 20.8 Å². The van der Waals surface area contributed by atoms with E-state index in [2.05, 4.69) is 25.9 Å². The van der Waals surface area contributed by atoms with Gasteiger partial charge in [-0.25, -0.2) is 8.78 Å². The summed E-state index contributed by atoms with van der Waals surface area (Å²) in [5.74, 6) is -1.76. The number of aromatic nitrogens is 2. The monoisotopic (exact) mass is 659 g/mol. The van der Waals surface area contributed by atoms with E-state index in [4.69, 9.17) is 9.47 Å². The zero-order chi connectivity index (χ0) is 33.4. The number of pyridine rings is 2. The summed E-state index contributed by atoms with van der Waals surface area (Å²) in [5.41, 5.74) is 1.83. The molecule has 1 saturated carbocycles. The second-order valence-corrected chi connectivity index (χ2v) is 11.7. The van der Waals surface area contributed by atoms with Crippen molar-refractivity contribution in [3.8, 4) is 22.1 Å². The maximum Gasteiger partial charge on any atom is 0.240 e. The number of carbonyl (C=O) groups excluding carboxylic acids is 2. The van der Waals surface area contributed by atoms with Crippen LogP contribution in [-0.2, 0) is 20.9 Å². The second kappa shape index (κ2) is 15.2. The lowest BCUT2D eigenvalue weighted by molar-refractivity contribution is -0.131. The number of amides is 2. The average Bonchev–Trinajstić information content (AvgIpc) is 3.79. The predicted octanol–water partition coefficient (Wildman–Crippen LogP) is 7.55. The maximum atomic E-state index is 15.2. The summed E-state index contributed by atoms with van der Waals surface area (Å²) in [4.78, 5) is 35.8.